The quantitative estimate of drug-likeness (QED) is 0.542. The first kappa shape index (κ1) is 19.2. The van der Waals surface area contributed by atoms with E-state index in [0.29, 0.717) is 0 Å². The van der Waals surface area contributed by atoms with Crippen molar-refractivity contribution >= 4 is 29.2 Å². The molecule has 2 rings (SSSR count). The Bertz CT molecular complexity index is 799. The van der Waals surface area contributed by atoms with Crippen molar-refractivity contribution < 1.29 is 32.2 Å². The summed E-state index contributed by atoms with van der Waals surface area (Å²) < 4.78 is 54.0. The van der Waals surface area contributed by atoms with Crippen LogP contribution in [0.15, 0.2) is 12.1 Å². The maximum Gasteiger partial charge on any atom is 0.388 e. The zero-order valence-electron chi connectivity index (χ0n) is 12.9. The van der Waals surface area contributed by atoms with E-state index in [2.05, 4.69) is 14.6 Å². The number of halogens is 5. The molecule has 1 aromatic heterocycles. The molecule has 0 amide bonds. The molecule has 6 nitrogen and oxygen atoms in total. The Morgan fingerprint density at radius 1 is 1.36 bits per heavy atom. The van der Waals surface area contributed by atoms with E-state index < -0.39 is 31.1 Å². The molecule has 0 bridgehead atoms. The molecule has 0 spiro atoms. The van der Waals surface area contributed by atoms with Crippen LogP contribution < -0.4 is 9.47 Å². The Morgan fingerprint density at radius 3 is 2.64 bits per heavy atom. The largest absolute Gasteiger partial charge is 0.456 e. The lowest BCUT2D eigenvalue weighted by Gasteiger charge is -2.10. The molecule has 2 aromatic rings. The van der Waals surface area contributed by atoms with Crippen LogP contribution in [0.1, 0.15) is 6.92 Å². The lowest BCUT2D eigenvalue weighted by molar-refractivity contribution is -0.147. The zero-order valence-corrected chi connectivity index (χ0v) is 14.4. The van der Waals surface area contributed by atoms with Crippen molar-refractivity contribution in [3.05, 3.63) is 28.0 Å². The van der Waals surface area contributed by atoms with Crippen LogP contribution in [0.4, 0.5) is 13.2 Å². The number of aromatic nitrogens is 2. The van der Waals surface area contributed by atoms with Gasteiger partial charge in [0.2, 0.25) is 12.7 Å². The molecule has 1 heterocycles. The summed E-state index contributed by atoms with van der Waals surface area (Å²) >= 11 is 11.8. The predicted octanol–water partition coefficient (Wildman–Crippen LogP) is 4.03. The normalized spacial score (nSPS) is 10.9. The van der Waals surface area contributed by atoms with Gasteiger partial charge in [-0.2, -0.15) is 13.9 Å². The van der Waals surface area contributed by atoms with Gasteiger partial charge < -0.3 is 14.2 Å². The highest BCUT2D eigenvalue weighted by Gasteiger charge is 2.23. The molecule has 0 fully saturated rings. The maximum atomic E-state index is 14.2. The number of ether oxygens (including phenoxy) is 3. The topological polar surface area (TPSA) is 62.6 Å². The van der Waals surface area contributed by atoms with E-state index in [9.17, 15) is 18.0 Å². The third-order valence-corrected chi connectivity index (χ3v) is 3.53. The smallest absolute Gasteiger partial charge is 0.388 e. The number of carbonyl (C=O) groups is 1. The van der Waals surface area contributed by atoms with Crippen LogP contribution in [-0.2, 0) is 16.6 Å². The van der Waals surface area contributed by atoms with Crippen LogP contribution in [0.25, 0.3) is 11.3 Å². The molecule has 0 aliphatic heterocycles. The molecule has 0 unspecified atom stereocenters. The first-order valence-electron chi connectivity index (χ1n) is 6.63. The van der Waals surface area contributed by atoms with Crippen molar-refractivity contribution in [1.29, 1.82) is 0 Å². The van der Waals surface area contributed by atoms with Gasteiger partial charge in [0.25, 0.3) is 0 Å². The second-order valence-corrected chi connectivity index (χ2v) is 5.42. The summed E-state index contributed by atoms with van der Waals surface area (Å²) in [6.45, 7) is -2.40. The summed E-state index contributed by atoms with van der Waals surface area (Å²) in [5.41, 5.74) is -0.307. The van der Waals surface area contributed by atoms with E-state index in [0.717, 1.165) is 16.8 Å². The van der Waals surface area contributed by atoms with E-state index in [1.165, 1.54) is 14.0 Å². The number of esters is 1. The lowest BCUT2D eigenvalue weighted by Crippen LogP contribution is -2.07. The van der Waals surface area contributed by atoms with Crippen molar-refractivity contribution in [3.8, 4) is 22.9 Å². The molecule has 1 aromatic carbocycles. The average Bonchev–Trinajstić information content (AvgIpc) is 2.77. The fourth-order valence-electron chi connectivity index (χ4n) is 1.86. The number of hydrogen-bond donors (Lipinski definition) is 0. The van der Waals surface area contributed by atoms with Gasteiger partial charge in [-0.05, 0) is 12.1 Å². The van der Waals surface area contributed by atoms with Gasteiger partial charge in [0.15, 0.2) is 0 Å². The predicted molar refractivity (Wildman–Crippen MR) is 82.5 cm³/mol. The monoisotopic (exact) mass is 398 g/mol. The van der Waals surface area contributed by atoms with E-state index in [-0.39, 0.29) is 27.1 Å². The van der Waals surface area contributed by atoms with Crippen molar-refractivity contribution in [3.63, 3.8) is 0 Å². The van der Waals surface area contributed by atoms with Gasteiger partial charge in [-0.25, -0.2) is 9.07 Å². The SMILES string of the molecule is CC(=O)OCOc1cc(-c2nn(C)c(OC(F)F)c2Cl)c(F)cc1Cl. The number of hydrogen-bond acceptors (Lipinski definition) is 5. The van der Waals surface area contributed by atoms with Crippen molar-refractivity contribution in [1.82, 2.24) is 9.78 Å². The number of benzene rings is 1. The summed E-state index contributed by atoms with van der Waals surface area (Å²) in [6.07, 6.45) is 0. The molecule has 136 valence electrons. The van der Waals surface area contributed by atoms with E-state index in [4.69, 9.17) is 27.9 Å². The van der Waals surface area contributed by atoms with Crippen LogP contribution in [0.5, 0.6) is 11.6 Å². The minimum atomic E-state index is -3.13. The molecule has 0 atom stereocenters. The maximum absolute atomic E-state index is 14.2. The van der Waals surface area contributed by atoms with Crippen LogP contribution in [-0.4, -0.2) is 29.2 Å². The van der Waals surface area contributed by atoms with Gasteiger partial charge >= 0.3 is 12.6 Å². The van der Waals surface area contributed by atoms with Crippen molar-refractivity contribution in [2.75, 3.05) is 6.79 Å². The fraction of sp³-hybridized carbons (Fsp3) is 0.286. The summed E-state index contributed by atoms with van der Waals surface area (Å²) in [4.78, 5) is 10.7. The highest BCUT2D eigenvalue weighted by Crippen LogP contribution is 2.39. The number of nitrogens with zero attached hydrogens (tertiary/aromatic N) is 2. The van der Waals surface area contributed by atoms with Gasteiger partial charge in [0.05, 0.1) is 5.02 Å². The summed E-state index contributed by atoms with van der Waals surface area (Å²) in [6, 6.07) is 2.08. The van der Waals surface area contributed by atoms with E-state index >= 15 is 0 Å². The summed E-state index contributed by atoms with van der Waals surface area (Å²) in [7, 11) is 1.30. The van der Waals surface area contributed by atoms with Gasteiger partial charge in [0.1, 0.15) is 22.3 Å². The Labute approximate surface area is 150 Å². The standard InChI is InChI=1S/C14H11Cl2F3N2O4/c1-6(22)23-5-24-10-3-7(9(17)4-8(10)15)12-11(16)13(21(2)20-12)25-14(18)19/h3-4,14H,5H2,1-2H3. The van der Waals surface area contributed by atoms with Gasteiger partial charge in [-0.3, -0.25) is 4.79 Å². The third kappa shape index (κ3) is 4.49. The molecular weight excluding hydrogens is 388 g/mol. The number of aryl methyl sites for hydroxylation is 1. The second kappa shape index (κ2) is 7.83. The first-order chi connectivity index (χ1) is 11.7. The van der Waals surface area contributed by atoms with E-state index in [1.807, 2.05) is 0 Å². The highest BCUT2D eigenvalue weighted by molar-refractivity contribution is 6.34. The minimum absolute atomic E-state index is 0.0163. The second-order valence-electron chi connectivity index (χ2n) is 4.63. The average molecular weight is 399 g/mol. The molecule has 0 radical (unpaired) electrons. The highest BCUT2D eigenvalue weighted by atomic mass is 35.5. The van der Waals surface area contributed by atoms with Crippen LogP contribution in [0.2, 0.25) is 10.0 Å². The van der Waals surface area contributed by atoms with Crippen molar-refractivity contribution in [2.45, 2.75) is 13.5 Å². The van der Waals surface area contributed by atoms with Gasteiger partial charge in [-0.15, -0.1) is 0 Å². The Balaban J connectivity index is 2.40. The zero-order chi connectivity index (χ0) is 18.7. The molecule has 0 N–H and O–H groups in total. The summed E-state index contributed by atoms with van der Waals surface area (Å²) in [5.74, 6) is -1.84. The number of alkyl halides is 2. The fourth-order valence-corrected chi connectivity index (χ4v) is 2.38. The van der Waals surface area contributed by atoms with Crippen LogP contribution in [0.3, 0.4) is 0 Å². The molecule has 25 heavy (non-hydrogen) atoms. The number of rotatable bonds is 6. The van der Waals surface area contributed by atoms with Gasteiger partial charge in [0, 0.05) is 19.5 Å². The first-order valence-corrected chi connectivity index (χ1v) is 7.39. The molecular formula is C14H11Cl2F3N2O4. The van der Waals surface area contributed by atoms with Gasteiger partial charge in [-0.1, -0.05) is 23.2 Å². The third-order valence-electron chi connectivity index (χ3n) is 2.89. The van der Waals surface area contributed by atoms with E-state index in [1.54, 1.807) is 0 Å². The minimum Gasteiger partial charge on any atom is -0.456 e. The molecule has 0 saturated heterocycles. The molecule has 11 heteroatoms. The molecule has 0 aliphatic rings. The lowest BCUT2D eigenvalue weighted by atomic mass is 10.1. The Hall–Kier alpha value is -2.13. The summed E-state index contributed by atoms with van der Waals surface area (Å²) in [5, 5.41) is 3.47. The molecule has 0 aliphatic carbocycles. The van der Waals surface area contributed by atoms with Crippen LogP contribution >= 0.6 is 23.2 Å². The molecule has 0 saturated carbocycles. The van der Waals surface area contributed by atoms with Crippen LogP contribution in [0, 0.1) is 5.82 Å². The van der Waals surface area contributed by atoms with Crippen molar-refractivity contribution in [2.24, 2.45) is 7.05 Å². The number of carbonyl (C=O) groups excluding carboxylic acids is 1. The Morgan fingerprint density at radius 2 is 2.04 bits per heavy atom. The Kier molecular flexibility index (Phi) is 6.02.